The monoisotopic (exact) mass is 620 g/mol. The third-order valence-electron chi connectivity index (χ3n) is 10.0. The molecule has 0 N–H and O–H groups in total. The molecule has 0 saturated carbocycles. The SMILES string of the molecule is CC1(C)c2ccccc2-c2ccc(-c3ccc4sc5c(-c6cccc(-c7cccc8c7oc7ccccc78)c6)ncnc5c4c3)cc21. The summed E-state index contributed by atoms with van der Waals surface area (Å²) in [4.78, 5) is 9.66. The van der Waals surface area contributed by atoms with Crippen molar-refractivity contribution in [2.24, 2.45) is 0 Å². The Morgan fingerprint density at radius 1 is 0.553 bits per heavy atom. The molecule has 4 heteroatoms. The molecule has 0 bridgehead atoms. The minimum atomic E-state index is -0.0340. The summed E-state index contributed by atoms with van der Waals surface area (Å²) < 4.78 is 8.68. The Bertz CT molecular complexity index is 2730. The van der Waals surface area contributed by atoms with Crippen LogP contribution in [0.3, 0.4) is 0 Å². The molecule has 0 spiro atoms. The molecule has 0 radical (unpaired) electrons. The largest absolute Gasteiger partial charge is 0.455 e. The van der Waals surface area contributed by atoms with E-state index in [0.717, 1.165) is 59.9 Å². The molecule has 1 aliphatic rings. The molecule has 0 fully saturated rings. The quantitative estimate of drug-likeness (QED) is 0.197. The topological polar surface area (TPSA) is 38.9 Å². The minimum absolute atomic E-state index is 0.0340. The molecule has 0 aliphatic heterocycles. The van der Waals surface area contributed by atoms with Crippen LogP contribution in [0.1, 0.15) is 25.0 Å². The highest BCUT2D eigenvalue weighted by molar-refractivity contribution is 7.26. The first-order valence-corrected chi connectivity index (χ1v) is 16.8. The molecule has 9 aromatic rings. The summed E-state index contributed by atoms with van der Waals surface area (Å²) in [6.07, 6.45) is 1.71. The lowest BCUT2D eigenvalue weighted by Crippen LogP contribution is -2.14. The zero-order chi connectivity index (χ0) is 31.3. The van der Waals surface area contributed by atoms with Gasteiger partial charge < -0.3 is 4.42 Å². The van der Waals surface area contributed by atoms with Crippen LogP contribution in [-0.4, -0.2) is 9.97 Å². The number of nitrogens with zero attached hydrogens (tertiary/aromatic N) is 2. The molecular formula is C43H28N2OS. The van der Waals surface area contributed by atoms with Gasteiger partial charge in [0.25, 0.3) is 0 Å². The number of hydrogen-bond donors (Lipinski definition) is 0. The summed E-state index contributed by atoms with van der Waals surface area (Å²) in [6.45, 7) is 4.67. The Kier molecular flexibility index (Phi) is 5.50. The van der Waals surface area contributed by atoms with Gasteiger partial charge in [-0.05, 0) is 69.3 Å². The van der Waals surface area contributed by atoms with Crippen LogP contribution in [0.4, 0.5) is 0 Å². The molecule has 47 heavy (non-hydrogen) atoms. The van der Waals surface area contributed by atoms with Gasteiger partial charge in [-0.2, -0.15) is 0 Å². The second-order valence-electron chi connectivity index (χ2n) is 13.0. The summed E-state index contributed by atoms with van der Waals surface area (Å²) in [7, 11) is 0. The fourth-order valence-corrected chi connectivity index (χ4v) is 8.80. The normalized spacial score (nSPS) is 13.5. The Morgan fingerprint density at radius 2 is 1.30 bits per heavy atom. The number of para-hydroxylation sites is 2. The maximum Gasteiger partial charge on any atom is 0.143 e. The molecule has 0 saturated heterocycles. The van der Waals surface area contributed by atoms with Crippen LogP contribution in [0, 0.1) is 0 Å². The Labute approximate surface area is 275 Å². The average molecular weight is 621 g/mol. The third kappa shape index (κ3) is 3.85. The third-order valence-corrected chi connectivity index (χ3v) is 11.2. The number of hydrogen-bond acceptors (Lipinski definition) is 4. The van der Waals surface area contributed by atoms with Crippen molar-refractivity contribution >= 4 is 53.6 Å². The first-order valence-electron chi connectivity index (χ1n) is 16.0. The standard InChI is InChI=1S/C43H28N2OS/c1-43(2)35-15-5-3-11-30(35)31-19-17-26(23-36(31)43)25-18-20-38-34(22-25)40-42(47-38)39(44-24-45-40)28-10-7-9-27(21-28)29-13-8-14-33-32-12-4-6-16-37(32)46-41(29)33/h3-24H,1-2H3. The minimum Gasteiger partial charge on any atom is -0.455 e. The zero-order valence-electron chi connectivity index (χ0n) is 25.9. The lowest BCUT2D eigenvalue weighted by atomic mass is 9.81. The number of furan rings is 1. The van der Waals surface area contributed by atoms with Crippen LogP contribution in [0.15, 0.2) is 138 Å². The first-order chi connectivity index (χ1) is 23.0. The van der Waals surface area contributed by atoms with Gasteiger partial charge in [-0.25, -0.2) is 9.97 Å². The van der Waals surface area contributed by atoms with Crippen molar-refractivity contribution in [3.05, 3.63) is 145 Å². The van der Waals surface area contributed by atoms with Crippen molar-refractivity contribution in [2.45, 2.75) is 19.3 Å². The lowest BCUT2D eigenvalue weighted by Gasteiger charge is -2.22. The van der Waals surface area contributed by atoms with Crippen LogP contribution in [0.2, 0.25) is 0 Å². The van der Waals surface area contributed by atoms with Crippen molar-refractivity contribution < 1.29 is 4.42 Å². The molecule has 3 nitrogen and oxygen atoms in total. The summed E-state index contributed by atoms with van der Waals surface area (Å²) >= 11 is 1.76. The molecular weight excluding hydrogens is 593 g/mol. The van der Waals surface area contributed by atoms with E-state index in [1.54, 1.807) is 17.7 Å². The number of aromatic nitrogens is 2. The van der Waals surface area contributed by atoms with E-state index in [0.29, 0.717) is 0 Å². The molecule has 0 atom stereocenters. The van der Waals surface area contributed by atoms with Gasteiger partial charge in [0.05, 0.1) is 15.9 Å². The van der Waals surface area contributed by atoms with Crippen LogP contribution in [-0.2, 0) is 5.41 Å². The molecule has 1 aliphatic carbocycles. The molecule has 0 amide bonds. The van der Waals surface area contributed by atoms with Gasteiger partial charge in [-0.15, -0.1) is 11.3 Å². The van der Waals surface area contributed by atoms with Gasteiger partial charge in [0, 0.05) is 37.4 Å². The molecule has 222 valence electrons. The van der Waals surface area contributed by atoms with Crippen LogP contribution >= 0.6 is 11.3 Å². The Hall–Kier alpha value is -5.58. The summed E-state index contributed by atoms with van der Waals surface area (Å²) in [5, 5.41) is 3.43. The maximum absolute atomic E-state index is 6.37. The highest BCUT2D eigenvalue weighted by atomic mass is 32.1. The summed E-state index contributed by atoms with van der Waals surface area (Å²) in [5.41, 5.74) is 14.9. The predicted molar refractivity (Wildman–Crippen MR) is 196 cm³/mol. The molecule has 10 rings (SSSR count). The van der Waals surface area contributed by atoms with Gasteiger partial charge >= 0.3 is 0 Å². The van der Waals surface area contributed by atoms with E-state index in [2.05, 4.69) is 129 Å². The van der Waals surface area contributed by atoms with Crippen molar-refractivity contribution in [3.63, 3.8) is 0 Å². The van der Waals surface area contributed by atoms with Gasteiger partial charge in [0.15, 0.2) is 0 Å². The average Bonchev–Trinajstić information content (AvgIpc) is 3.76. The number of benzene rings is 6. The summed E-state index contributed by atoms with van der Waals surface area (Å²) in [6, 6.07) is 45.8. The number of fused-ring (bicyclic) bond motifs is 9. The van der Waals surface area contributed by atoms with E-state index >= 15 is 0 Å². The van der Waals surface area contributed by atoms with E-state index in [4.69, 9.17) is 14.4 Å². The smallest absolute Gasteiger partial charge is 0.143 e. The molecule has 3 aromatic heterocycles. The van der Waals surface area contributed by atoms with E-state index in [-0.39, 0.29) is 5.41 Å². The Balaban J connectivity index is 1.08. The van der Waals surface area contributed by atoms with Crippen molar-refractivity contribution in [1.82, 2.24) is 9.97 Å². The van der Waals surface area contributed by atoms with E-state index in [9.17, 15) is 0 Å². The van der Waals surface area contributed by atoms with Gasteiger partial charge in [-0.3, -0.25) is 0 Å². The molecule has 6 aromatic carbocycles. The van der Waals surface area contributed by atoms with E-state index in [1.807, 2.05) is 12.1 Å². The van der Waals surface area contributed by atoms with Crippen LogP contribution < -0.4 is 0 Å². The second-order valence-corrected chi connectivity index (χ2v) is 14.1. The molecule has 0 unspecified atom stereocenters. The first kappa shape index (κ1) is 26.6. The lowest BCUT2D eigenvalue weighted by molar-refractivity contribution is 0.660. The van der Waals surface area contributed by atoms with Crippen molar-refractivity contribution in [3.8, 4) is 44.6 Å². The van der Waals surface area contributed by atoms with Crippen LogP contribution in [0.5, 0.6) is 0 Å². The fourth-order valence-electron chi connectivity index (χ4n) is 7.65. The zero-order valence-corrected chi connectivity index (χ0v) is 26.7. The van der Waals surface area contributed by atoms with Gasteiger partial charge in [0.2, 0.25) is 0 Å². The highest BCUT2D eigenvalue weighted by Crippen LogP contribution is 2.50. The molecule has 3 heterocycles. The Morgan fingerprint density at radius 3 is 2.26 bits per heavy atom. The van der Waals surface area contributed by atoms with E-state index in [1.165, 1.54) is 38.1 Å². The number of rotatable bonds is 3. The van der Waals surface area contributed by atoms with Crippen LogP contribution in [0.25, 0.3) is 86.9 Å². The number of thiophene rings is 1. The fraction of sp³-hybridized carbons (Fsp3) is 0.0698. The van der Waals surface area contributed by atoms with Crippen molar-refractivity contribution in [2.75, 3.05) is 0 Å². The van der Waals surface area contributed by atoms with E-state index < -0.39 is 0 Å². The van der Waals surface area contributed by atoms with Gasteiger partial charge in [0.1, 0.15) is 17.5 Å². The van der Waals surface area contributed by atoms with Gasteiger partial charge in [-0.1, -0.05) is 111 Å². The summed E-state index contributed by atoms with van der Waals surface area (Å²) in [5.74, 6) is 0. The highest BCUT2D eigenvalue weighted by Gasteiger charge is 2.35. The second kappa shape index (κ2) is 9.71. The maximum atomic E-state index is 6.37. The van der Waals surface area contributed by atoms with Crippen molar-refractivity contribution in [1.29, 1.82) is 0 Å². The predicted octanol–water partition coefficient (Wildman–Crippen LogP) is 12.1.